The van der Waals surface area contributed by atoms with Crippen LogP contribution in [-0.4, -0.2) is 24.7 Å². The van der Waals surface area contributed by atoms with Crippen LogP contribution in [-0.2, 0) is 11.2 Å². The van der Waals surface area contributed by atoms with Gasteiger partial charge in [-0.2, -0.15) is 0 Å². The van der Waals surface area contributed by atoms with Gasteiger partial charge in [0.05, 0.1) is 12.7 Å². The van der Waals surface area contributed by atoms with E-state index in [1.165, 1.54) is 22.3 Å². The lowest BCUT2D eigenvalue weighted by Gasteiger charge is -2.28. The van der Waals surface area contributed by atoms with Crippen molar-refractivity contribution in [3.05, 3.63) is 53.9 Å². The first-order chi connectivity index (χ1) is 9.90. The summed E-state index contributed by atoms with van der Waals surface area (Å²) in [5, 5.41) is 3.38. The second kappa shape index (κ2) is 7.55. The van der Waals surface area contributed by atoms with E-state index in [1.807, 2.05) is 12.4 Å². The van der Waals surface area contributed by atoms with Crippen molar-refractivity contribution in [3.63, 3.8) is 0 Å². The summed E-state index contributed by atoms with van der Waals surface area (Å²) in [7, 11) is 0. The highest BCUT2D eigenvalue weighted by atomic mass is 35.5. The average molecular weight is 305 g/mol. The zero-order valence-electron chi connectivity index (χ0n) is 12.2. The summed E-state index contributed by atoms with van der Waals surface area (Å²) in [6, 6.07) is 10.7. The largest absolute Gasteiger partial charge is 0.372 e. The Balaban J connectivity index is 0.00000161. The van der Waals surface area contributed by atoms with E-state index in [9.17, 15) is 0 Å². The zero-order valence-corrected chi connectivity index (χ0v) is 13.0. The van der Waals surface area contributed by atoms with Crippen molar-refractivity contribution in [3.8, 4) is 11.1 Å². The molecular weight excluding hydrogens is 284 g/mol. The molecule has 3 rings (SSSR count). The molecule has 3 nitrogen and oxygen atoms in total. The van der Waals surface area contributed by atoms with Gasteiger partial charge >= 0.3 is 0 Å². The topological polar surface area (TPSA) is 34.1 Å². The molecule has 1 unspecified atom stereocenters. The van der Waals surface area contributed by atoms with Crippen molar-refractivity contribution in [2.75, 3.05) is 19.7 Å². The number of halogens is 1. The van der Waals surface area contributed by atoms with Crippen LogP contribution in [0.4, 0.5) is 0 Å². The van der Waals surface area contributed by atoms with Gasteiger partial charge in [-0.25, -0.2) is 0 Å². The molecule has 0 radical (unpaired) electrons. The maximum absolute atomic E-state index is 5.92. The molecule has 0 saturated carbocycles. The fourth-order valence-electron chi connectivity index (χ4n) is 2.82. The van der Waals surface area contributed by atoms with Gasteiger partial charge in [-0.15, -0.1) is 12.4 Å². The summed E-state index contributed by atoms with van der Waals surface area (Å²) in [5.41, 5.74) is 5.30. The molecule has 2 aromatic rings. The first-order valence-electron chi connectivity index (χ1n) is 7.24. The number of hydrogen-bond donors (Lipinski definition) is 1. The van der Waals surface area contributed by atoms with Gasteiger partial charge in [0.25, 0.3) is 0 Å². The second-order valence-corrected chi connectivity index (χ2v) is 5.03. The van der Waals surface area contributed by atoms with E-state index >= 15 is 0 Å². The molecule has 0 amide bonds. The van der Waals surface area contributed by atoms with Crippen molar-refractivity contribution in [1.29, 1.82) is 0 Å². The Morgan fingerprint density at radius 2 is 2.05 bits per heavy atom. The Labute approximate surface area is 132 Å². The van der Waals surface area contributed by atoms with Crippen LogP contribution in [0.1, 0.15) is 24.2 Å². The Hall–Kier alpha value is -1.42. The van der Waals surface area contributed by atoms with E-state index in [2.05, 4.69) is 47.6 Å². The SMILES string of the molecule is CCNCC1OCCc2c(-c3ccncc3)cccc21.Cl. The molecule has 21 heavy (non-hydrogen) atoms. The van der Waals surface area contributed by atoms with E-state index in [0.29, 0.717) is 0 Å². The van der Waals surface area contributed by atoms with Crippen LogP contribution in [0.2, 0.25) is 0 Å². The molecule has 4 heteroatoms. The fourth-order valence-corrected chi connectivity index (χ4v) is 2.82. The predicted molar refractivity (Wildman–Crippen MR) is 87.9 cm³/mol. The number of nitrogens with one attached hydrogen (secondary N) is 1. The van der Waals surface area contributed by atoms with E-state index in [-0.39, 0.29) is 18.5 Å². The van der Waals surface area contributed by atoms with Crippen LogP contribution in [0.25, 0.3) is 11.1 Å². The van der Waals surface area contributed by atoms with Crippen LogP contribution in [0.3, 0.4) is 0 Å². The second-order valence-electron chi connectivity index (χ2n) is 5.03. The monoisotopic (exact) mass is 304 g/mol. The lowest BCUT2D eigenvalue weighted by molar-refractivity contribution is 0.0431. The van der Waals surface area contributed by atoms with Gasteiger partial charge in [0.15, 0.2) is 0 Å². The van der Waals surface area contributed by atoms with Gasteiger partial charge in [0.1, 0.15) is 0 Å². The molecule has 0 saturated heterocycles. The third kappa shape index (κ3) is 3.43. The fraction of sp³-hybridized carbons (Fsp3) is 0.353. The van der Waals surface area contributed by atoms with Crippen LogP contribution in [0.15, 0.2) is 42.7 Å². The number of fused-ring (bicyclic) bond motifs is 1. The molecule has 1 atom stereocenters. The van der Waals surface area contributed by atoms with E-state index < -0.39 is 0 Å². The maximum Gasteiger partial charge on any atom is 0.0952 e. The molecule has 2 heterocycles. The molecule has 0 bridgehead atoms. The lowest BCUT2D eigenvalue weighted by atomic mass is 9.90. The first-order valence-corrected chi connectivity index (χ1v) is 7.24. The summed E-state index contributed by atoms with van der Waals surface area (Å²) in [6.07, 6.45) is 4.85. The lowest BCUT2D eigenvalue weighted by Crippen LogP contribution is -2.27. The Morgan fingerprint density at radius 3 is 2.81 bits per heavy atom. The van der Waals surface area contributed by atoms with Crippen molar-refractivity contribution >= 4 is 12.4 Å². The molecule has 1 aliphatic heterocycles. The van der Waals surface area contributed by atoms with Gasteiger partial charge < -0.3 is 10.1 Å². The standard InChI is InChI=1S/C17H20N2O.ClH/c1-2-18-12-17-16-5-3-4-14(15(16)8-11-20-17)13-6-9-19-10-7-13;/h3-7,9-10,17-18H,2,8,11-12H2,1H3;1H. The number of pyridine rings is 1. The smallest absolute Gasteiger partial charge is 0.0952 e. The maximum atomic E-state index is 5.92. The Kier molecular flexibility index (Phi) is 5.74. The van der Waals surface area contributed by atoms with Crippen molar-refractivity contribution in [2.24, 2.45) is 0 Å². The summed E-state index contributed by atoms with van der Waals surface area (Å²) in [4.78, 5) is 4.10. The van der Waals surface area contributed by atoms with Crippen LogP contribution < -0.4 is 5.32 Å². The van der Waals surface area contributed by atoms with Gasteiger partial charge in [-0.05, 0) is 47.4 Å². The van der Waals surface area contributed by atoms with Crippen LogP contribution in [0.5, 0.6) is 0 Å². The third-order valence-corrected chi connectivity index (χ3v) is 3.80. The minimum absolute atomic E-state index is 0. The van der Waals surface area contributed by atoms with Crippen LogP contribution >= 0.6 is 12.4 Å². The van der Waals surface area contributed by atoms with Crippen molar-refractivity contribution < 1.29 is 4.74 Å². The highest BCUT2D eigenvalue weighted by Crippen LogP contribution is 2.33. The van der Waals surface area contributed by atoms with Gasteiger partial charge in [-0.3, -0.25) is 4.98 Å². The number of aromatic nitrogens is 1. The van der Waals surface area contributed by atoms with Gasteiger partial charge in [0.2, 0.25) is 0 Å². The Morgan fingerprint density at radius 1 is 1.24 bits per heavy atom. The highest BCUT2D eigenvalue weighted by molar-refractivity contribution is 5.85. The van der Waals surface area contributed by atoms with E-state index in [0.717, 1.165) is 26.1 Å². The van der Waals surface area contributed by atoms with Crippen LogP contribution in [0, 0.1) is 0 Å². The summed E-state index contributed by atoms with van der Waals surface area (Å²) in [5.74, 6) is 0. The van der Waals surface area contributed by atoms with E-state index in [4.69, 9.17) is 4.74 Å². The Bertz CT molecular complexity index is 574. The number of nitrogens with zero attached hydrogens (tertiary/aromatic N) is 1. The zero-order chi connectivity index (χ0) is 13.8. The number of benzene rings is 1. The van der Waals surface area contributed by atoms with Crippen molar-refractivity contribution in [1.82, 2.24) is 10.3 Å². The predicted octanol–water partition coefficient (Wildman–Crippen LogP) is 3.39. The molecule has 0 aliphatic carbocycles. The number of rotatable bonds is 4. The third-order valence-electron chi connectivity index (χ3n) is 3.80. The molecule has 1 aromatic heterocycles. The highest BCUT2D eigenvalue weighted by Gasteiger charge is 2.22. The van der Waals surface area contributed by atoms with Gasteiger partial charge in [-0.1, -0.05) is 25.1 Å². The molecule has 0 spiro atoms. The first kappa shape index (κ1) is 16.0. The number of hydrogen-bond acceptors (Lipinski definition) is 3. The minimum atomic E-state index is 0. The number of likely N-dealkylation sites (N-methyl/N-ethyl adjacent to an activating group) is 1. The van der Waals surface area contributed by atoms with Crippen molar-refractivity contribution in [2.45, 2.75) is 19.4 Å². The molecule has 0 fully saturated rings. The molecule has 1 N–H and O–H groups in total. The molecule has 112 valence electrons. The average Bonchev–Trinajstić information content (AvgIpc) is 2.53. The number of ether oxygens (including phenoxy) is 1. The van der Waals surface area contributed by atoms with Gasteiger partial charge in [0, 0.05) is 18.9 Å². The normalized spacial score (nSPS) is 16.9. The molecular formula is C17H21ClN2O. The molecule has 1 aliphatic rings. The summed E-state index contributed by atoms with van der Waals surface area (Å²) >= 11 is 0. The summed E-state index contributed by atoms with van der Waals surface area (Å²) in [6.45, 7) is 4.77. The van der Waals surface area contributed by atoms with E-state index in [1.54, 1.807) is 0 Å². The quantitative estimate of drug-likeness (QED) is 0.940. The molecule has 1 aromatic carbocycles. The minimum Gasteiger partial charge on any atom is -0.372 e. The summed E-state index contributed by atoms with van der Waals surface area (Å²) < 4.78 is 5.92.